The third-order valence-corrected chi connectivity index (χ3v) is 1.95. The van der Waals surface area contributed by atoms with Gasteiger partial charge in [-0.15, -0.1) is 0 Å². The minimum Gasteiger partial charge on any atom is -0.494 e. The van der Waals surface area contributed by atoms with Crippen LogP contribution in [0.5, 0.6) is 0 Å². The van der Waals surface area contributed by atoms with E-state index in [2.05, 4.69) is 27.0 Å². The maximum absolute atomic E-state index is 5.52. The fourth-order valence-corrected chi connectivity index (χ4v) is 1.29. The Kier molecular flexibility index (Phi) is 2.18. The lowest BCUT2D eigenvalue weighted by atomic mass is 9.89. The minimum absolute atomic E-state index is 0.00995. The first-order valence-electron chi connectivity index (χ1n) is 4.07. The zero-order valence-corrected chi connectivity index (χ0v) is 8.02. The van der Waals surface area contributed by atoms with E-state index in [9.17, 15) is 0 Å². The van der Waals surface area contributed by atoms with Gasteiger partial charge < -0.3 is 9.47 Å². The van der Waals surface area contributed by atoms with Crippen molar-refractivity contribution in [1.29, 1.82) is 0 Å². The van der Waals surface area contributed by atoms with E-state index in [4.69, 9.17) is 9.47 Å². The maximum Gasteiger partial charge on any atom is 0.162 e. The predicted molar refractivity (Wildman–Crippen MR) is 48.6 cm³/mol. The van der Waals surface area contributed by atoms with Crippen LogP contribution in [0.1, 0.15) is 20.8 Å². The molecule has 0 aliphatic carbocycles. The van der Waals surface area contributed by atoms with Crippen LogP contribution < -0.4 is 0 Å². The summed E-state index contributed by atoms with van der Waals surface area (Å²) in [7, 11) is 0. The Labute approximate surface area is 73.9 Å². The van der Waals surface area contributed by atoms with E-state index in [1.54, 1.807) is 0 Å². The molecular weight excluding hydrogens is 152 g/mol. The molecule has 1 saturated heterocycles. The molecule has 68 valence electrons. The molecule has 1 rings (SSSR count). The van der Waals surface area contributed by atoms with Gasteiger partial charge in [0.1, 0.15) is 5.76 Å². The molecule has 0 aromatic heterocycles. The molecule has 0 saturated carbocycles. The van der Waals surface area contributed by atoms with Crippen LogP contribution in [0.3, 0.4) is 0 Å². The number of hydrogen-bond acceptors (Lipinski definition) is 2. The lowest BCUT2D eigenvalue weighted by molar-refractivity contribution is 0.0720. The standard InChI is InChI=1S/C10H16O2/c1-7(2)12-9-8(3)11-6-10(9,4)5/h9H,1,3,6H2,2,4-5H3. The smallest absolute Gasteiger partial charge is 0.162 e. The fraction of sp³-hybridized carbons (Fsp3) is 0.600. The van der Waals surface area contributed by atoms with Crippen molar-refractivity contribution in [3.63, 3.8) is 0 Å². The van der Waals surface area contributed by atoms with Crippen molar-refractivity contribution >= 4 is 0 Å². The summed E-state index contributed by atoms with van der Waals surface area (Å²) < 4.78 is 10.8. The SMILES string of the molecule is C=C(C)OC1C(=C)OCC1(C)C. The Morgan fingerprint density at radius 1 is 1.67 bits per heavy atom. The summed E-state index contributed by atoms with van der Waals surface area (Å²) in [6.45, 7) is 14.2. The van der Waals surface area contributed by atoms with Crippen LogP contribution in [0.15, 0.2) is 24.7 Å². The summed E-state index contributed by atoms with van der Waals surface area (Å²) in [5, 5.41) is 0. The highest BCUT2D eigenvalue weighted by atomic mass is 16.6. The lowest BCUT2D eigenvalue weighted by Gasteiger charge is -2.24. The van der Waals surface area contributed by atoms with Gasteiger partial charge in [-0.05, 0) is 6.92 Å². The van der Waals surface area contributed by atoms with E-state index in [-0.39, 0.29) is 11.5 Å². The number of ether oxygens (including phenoxy) is 2. The number of hydrogen-bond donors (Lipinski definition) is 0. The van der Waals surface area contributed by atoms with Gasteiger partial charge in [0.25, 0.3) is 0 Å². The normalized spacial score (nSPS) is 26.6. The van der Waals surface area contributed by atoms with Crippen molar-refractivity contribution < 1.29 is 9.47 Å². The van der Waals surface area contributed by atoms with E-state index in [0.717, 1.165) is 0 Å². The highest BCUT2D eigenvalue weighted by Gasteiger charge is 2.41. The van der Waals surface area contributed by atoms with E-state index in [1.165, 1.54) is 0 Å². The van der Waals surface area contributed by atoms with E-state index >= 15 is 0 Å². The molecule has 1 heterocycles. The van der Waals surface area contributed by atoms with Crippen LogP contribution in [0.25, 0.3) is 0 Å². The van der Waals surface area contributed by atoms with E-state index in [1.807, 2.05) is 6.92 Å². The summed E-state index contributed by atoms with van der Waals surface area (Å²) in [6.07, 6.45) is -0.0463. The van der Waals surface area contributed by atoms with Gasteiger partial charge in [-0.2, -0.15) is 0 Å². The summed E-state index contributed by atoms with van der Waals surface area (Å²) in [5.41, 5.74) is 0.00995. The van der Waals surface area contributed by atoms with E-state index < -0.39 is 0 Å². The second kappa shape index (κ2) is 2.85. The van der Waals surface area contributed by atoms with Crippen molar-refractivity contribution in [3.05, 3.63) is 24.7 Å². The van der Waals surface area contributed by atoms with Gasteiger partial charge in [0.05, 0.1) is 12.4 Å². The van der Waals surface area contributed by atoms with Crippen molar-refractivity contribution in [2.75, 3.05) is 6.61 Å². The first kappa shape index (κ1) is 9.17. The summed E-state index contributed by atoms with van der Waals surface area (Å²) >= 11 is 0. The van der Waals surface area contributed by atoms with Crippen LogP contribution in [0.2, 0.25) is 0 Å². The predicted octanol–water partition coefficient (Wildman–Crippen LogP) is 2.48. The number of rotatable bonds is 2. The minimum atomic E-state index is -0.0463. The molecule has 1 aliphatic heterocycles. The molecule has 0 spiro atoms. The average molecular weight is 168 g/mol. The van der Waals surface area contributed by atoms with Crippen LogP contribution in [0, 0.1) is 5.41 Å². The Morgan fingerprint density at radius 3 is 2.58 bits per heavy atom. The molecule has 12 heavy (non-hydrogen) atoms. The highest BCUT2D eigenvalue weighted by Crippen LogP contribution is 2.36. The van der Waals surface area contributed by atoms with Crippen molar-refractivity contribution in [1.82, 2.24) is 0 Å². The van der Waals surface area contributed by atoms with Gasteiger partial charge in [-0.3, -0.25) is 0 Å². The quantitative estimate of drug-likeness (QED) is 0.590. The van der Waals surface area contributed by atoms with Gasteiger partial charge in [-0.25, -0.2) is 0 Å². The summed E-state index contributed by atoms with van der Waals surface area (Å²) in [6, 6.07) is 0. The van der Waals surface area contributed by atoms with Gasteiger partial charge in [0, 0.05) is 5.41 Å². The molecule has 0 N–H and O–H groups in total. The van der Waals surface area contributed by atoms with Crippen LogP contribution in [-0.4, -0.2) is 12.7 Å². The monoisotopic (exact) mass is 168 g/mol. The number of allylic oxidation sites excluding steroid dienone is 1. The average Bonchev–Trinajstić information content (AvgIpc) is 2.15. The van der Waals surface area contributed by atoms with Gasteiger partial charge in [0.15, 0.2) is 6.10 Å². The first-order chi connectivity index (χ1) is 5.43. The molecule has 1 atom stereocenters. The second-order valence-electron chi connectivity index (χ2n) is 3.94. The maximum atomic E-state index is 5.52. The third-order valence-electron chi connectivity index (χ3n) is 1.95. The largest absolute Gasteiger partial charge is 0.494 e. The zero-order valence-electron chi connectivity index (χ0n) is 8.02. The lowest BCUT2D eigenvalue weighted by Crippen LogP contribution is -2.28. The van der Waals surface area contributed by atoms with Crippen LogP contribution in [-0.2, 0) is 9.47 Å². The Bertz CT molecular complexity index is 216. The molecule has 1 fully saturated rings. The molecular formula is C10H16O2. The van der Waals surface area contributed by atoms with Crippen LogP contribution in [0.4, 0.5) is 0 Å². The van der Waals surface area contributed by atoms with Gasteiger partial charge in [-0.1, -0.05) is 27.0 Å². The van der Waals surface area contributed by atoms with Crippen LogP contribution >= 0.6 is 0 Å². The topological polar surface area (TPSA) is 18.5 Å². The molecule has 2 heteroatoms. The van der Waals surface area contributed by atoms with Gasteiger partial charge >= 0.3 is 0 Å². The summed E-state index contributed by atoms with van der Waals surface area (Å²) in [5.74, 6) is 1.42. The third kappa shape index (κ3) is 1.63. The molecule has 0 bridgehead atoms. The Balaban J connectivity index is 2.71. The van der Waals surface area contributed by atoms with Crippen molar-refractivity contribution in [2.24, 2.45) is 5.41 Å². The van der Waals surface area contributed by atoms with Crippen molar-refractivity contribution in [2.45, 2.75) is 26.9 Å². The Morgan fingerprint density at radius 2 is 2.25 bits per heavy atom. The molecule has 0 amide bonds. The Hall–Kier alpha value is -0.920. The molecule has 1 aliphatic rings. The second-order valence-corrected chi connectivity index (χ2v) is 3.94. The molecule has 0 radical (unpaired) electrons. The van der Waals surface area contributed by atoms with Crippen molar-refractivity contribution in [3.8, 4) is 0 Å². The van der Waals surface area contributed by atoms with Gasteiger partial charge in [0.2, 0.25) is 0 Å². The molecule has 2 nitrogen and oxygen atoms in total. The zero-order chi connectivity index (χ0) is 9.35. The molecule has 0 aromatic rings. The fourth-order valence-electron chi connectivity index (χ4n) is 1.29. The molecule has 0 aromatic carbocycles. The van der Waals surface area contributed by atoms with E-state index in [0.29, 0.717) is 18.1 Å². The summed E-state index contributed by atoms with van der Waals surface area (Å²) in [4.78, 5) is 0. The first-order valence-corrected chi connectivity index (χ1v) is 4.07. The highest BCUT2D eigenvalue weighted by molar-refractivity contribution is 5.08. The molecule has 1 unspecified atom stereocenters.